The molecule has 2 aromatic carbocycles. The van der Waals surface area contributed by atoms with Crippen molar-refractivity contribution in [2.45, 2.75) is 5.92 Å². The minimum absolute atomic E-state index is 0.203. The van der Waals surface area contributed by atoms with E-state index in [9.17, 15) is 4.79 Å². The molecule has 21 heavy (non-hydrogen) atoms. The molecule has 1 amide bonds. The number of carbonyl (C=O) groups excluding carboxylic acids is 1. The minimum atomic E-state index is -0.203. The molecule has 0 atom stereocenters. The van der Waals surface area contributed by atoms with Crippen LogP contribution in [0.2, 0.25) is 0 Å². The predicted octanol–water partition coefficient (Wildman–Crippen LogP) is 2.25. The standard InChI is InChI=1S/C18H20N2O/c21-18(20-13-11-19-12-14-20)17(15-7-3-1-4-8-15)16-9-5-2-6-10-16/h1-10,17,19H,11-14H2. The molecular formula is C18H20N2O. The fraction of sp³-hybridized carbons (Fsp3) is 0.278. The topological polar surface area (TPSA) is 32.3 Å². The summed E-state index contributed by atoms with van der Waals surface area (Å²) in [5, 5.41) is 3.29. The molecule has 0 bridgehead atoms. The summed E-state index contributed by atoms with van der Waals surface area (Å²) >= 11 is 0. The Balaban J connectivity index is 1.94. The number of carbonyl (C=O) groups is 1. The van der Waals surface area contributed by atoms with Gasteiger partial charge in [0.25, 0.3) is 0 Å². The molecule has 1 fully saturated rings. The molecule has 0 saturated carbocycles. The van der Waals surface area contributed by atoms with Crippen molar-refractivity contribution in [3.8, 4) is 0 Å². The second-order valence-electron chi connectivity index (χ2n) is 5.33. The molecule has 3 nitrogen and oxygen atoms in total. The summed E-state index contributed by atoms with van der Waals surface area (Å²) in [6.45, 7) is 3.33. The largest absolute Gasteiger partial charge is 0.339 e. The maximum absolute atomic E-state index is 13.0. The van der Waals surface area contributed by atoms with Crippen LogP contribution in [0.3, 0.4) is 0 Å². The van der Waals surface area contributed by atoms with Crippen LogP contribution in [-0.2, 0) is 4.79 Å². The molecule has 1 N–H and O–H groups in total. The average molecular weight is 280 g/mol. The van der Waals surface area contributed by atoms with E-state index in [4.69, 9.17) is 0 Å². The Morgan fingerprint density at radius 1 is 0.857 bits per heavy atom. The van der Waals surface area contributed by atoms with Crippen molar-refractivity contribution in [1.82, 2.24) is 10.2 Å². The van der Waals surface area contributed by atoms with Gasteiger partial charge >= 0.3 is 0 Å². The van der Waals surface area contributed by atoms with Crippen LogP contribution in [0.4, 0.5) is 0 Å². The number of rotatable bonds is 3. The number of amides is 1. The molecule has 108 valence electrons. The number of nitrogens with zero attached hydrogens (tertiary/aromatic N) is 1. The zero-order valence-corrected chi connectivity index (χ0v) is 12.0. The van der Waals surface area contributed by atoms with Crippen LogP contribution >= 0.6 is 0 Å². The van der Waals surface area contributed by atoms with E-state index in [0.29, 0.717) is 0 Å². The van der Waals surface area contributed by atoms with Gasteiger partial charge in [0.2, 0.25) is 5.91 Å². The van der Waals surface area contributed by atoms with Crippen LogP contribution < -0.4 is 5.32 Å². The Kier molecular flexibility index (Phi) is 4.31. The number of piperazine rings is 1. The Morgan fingerprint density at radius 3 is 1.81 bits per heavy atom. The van der Waals surface area contributed by atoms with Gasteiger partial charge in [-0.2, -0.15) is 0 Å². The van der Waals surface area contributed by atoms with Crippen molar-refractivity contribution in [3.63, 3.8) is 0 Å². The van der Waals surface area contributed by atoms with Crippen molar-refractivity contribution in [1.29, 1.82) is 0 Å². The van der Waals surface area contributed by atoms with Crippen molar-refractivity contribution in [2.75, 3.05) is 26.2 Å². The third-order valence-corrected chi connectivity index (χ3v) is 3.94. The zero-order chi connectivity index (χ0) is 14.5. The Labute approximate surface area is 125 Å². The van der Waals surface area contributed by atoms with Crippen molar-refractivity contribution < 1.29 is 4.79 Å². The lowest BCUT2D eigenvalue weighted by molar-refractivity contribution is -0.132. The minimum Gasteiger partial charge on any atom is -0.339 e. The molecule has 2 aromatic rings. The van der Waals surface area contributed by atoms with Crippen molar-refractivity contribution in [3.05, 3.63) is 71.8 Å². The summed E-state index contributed by atoms with van der Waals surface area (Å²) in [7, 11) is 0. The van der Waals surface area contributed by atoms with Gasteiger partial charge in [0.05, 0.1) is 5.92 Å². The van der Waals surface area contributed by atoms with E-state index in [1.165, 1.54) is 0 Å². The van der Waals surface area contributed by atoms with Gasteiger partial charge < -0.3 is 10.2 Å². The summed E-state index contributed by atoms with van der Waals surface area (Å²) in [5.41, 5.74) is 2.12. The monoisotopic (exact) mass is 280 g/mol. The van der Waals surface area contributed by atoms with Crippen molar-refractivity contribution in [2.24, 2.45) is 0 Å². The van der Waals surface area contributed by atoms with E-state index >= 15 is 0 Å². The van der Waals surface area contributed by atoms with E-state index in [0.717, 1.165) is 37.3 Å². The van der Waals surface area contributed by atoms with Crippen LogP contribution in [0.5, 0.6) is 0 Å². The van der Waals surface area contributed by atoms with Crippen LogP contribution in [0.15, 0.2) is 60.7 Å². The Hall–Kier alpha value is -2.13. The lowest BCUT2D eigenvalue weighted by Crippen LogP contribution is -2.48. The molecule has 0 unspecified atom stereocenters. The molecule has 0 spiro atoms. The Bertz CT molecular complexity index is 537. The van der Waals surface area contributed by atoms with Crippen LogP contribution in [-0.4, -0.2) is 37.0 Å². The first-order valence-corrected chi connectivity index (χ1v) is 7.45. The SMILES string of the molecule is O=C(C(c1ccccc1)c1ccccc1)N1CCNCC1. The van der Waals surface area contributed by atoms with Crippen LogP contribution in [0, 0.1) is 0 Å². The molecule has 0 aliphatic carbocycles. The van der Waals surface area contributed by atoms with E-state index < -0.39 is 0 Å². The first kappa shape index (κ1) is 13.8. The molecule has 1 aliphatic heterocycles. The molecule has 1 aliphatic rings. The van der Waals surface area contributed by atoms with Gasteiger partial charge in [-0.05, 0) is 11.1 Å². The summed E-state index contributed by atoms with van der Waals surface area (Å²) in [4.78, 5) is 15.0. The van der Waals surface area contributed by atoms with E-state index in [1.807, 2.05) is 65.6 Å². The maximum Gasteiger partial charge on any atom is 0.234 e. The second kappa shape index (κ2) is 6.55. The molecular weight excluding hydrogens is 260 g/mol. The van der Waals surface area contributed by atoms with Crippen molar-refractivity contribution >= 4 is 5.91 Å². The van der Waals surface area contributed by atoms with Gasteiger partial charge in [0.15, 0.2) is 0 Å². The van der Waals surface area contributed by atoms with Crippen LogP contribution in [0.25, 0.3) is 0 Å². The molecule has 1 heterocycles. The number of hydrogen-bond donors (Lipinski definition) is 1. The maximum atomic E-state index is 13.0. The van der Waals surface area contributed by atoms with Gasteiger partial charge in [0.1, 0.15) is 0 Å². The summed E-state index contributed by atoms with van der Waals surface area (Å²) in [6.07, 6.45) is 0. The highest BCUT2D eigenvalue weighted by Gasteiger charge is 2.27. The summed E-state index contributed by atoms with van der Waals surface area (Å²) in [5.74, 6) is -0.000556. The molecule has 0 aromatic heterocycles. The van der Waals surface area contributed by atoms with Gasteiger partial charge in [-0.1, -0.05) is 60.7 Å². The van der Waals surface area contributed by atoms with Gasteiger partial charge in [-0.3, -0.25) is 4.79 Å². The smallest absolute Gasteiger partial charge is 0.234 e. The zero-order valence-electron chi connectivity index (χ0n) is 12.0. The first-order valence-electron chi connectivity index (χ1n) is 7.45. The Morgan fingerprint density at radius 2 is 1.33 bits per heavy atom. The third kappa shape index (κ3) is 3.14. The molecule has 3 heteroatoms. The fourth-order valence-corrected chi connectivity index (χ4v) is 2.84. The lowest BCUT2D eigenvalue weighted by Gasteiger charge is -2.31. The predicted molar refractivity (Wildman–Crippen MR) is 84.2 cm³/mol. The fourth-order valence-electron chi connectivity index (χ4n) is 2.84. The second-order valence-corrected chi connectivity index (χ2v) is 5.33. The highest BCUT2D eigenvalue weighted by molar-refractivity contribution is 5.87. The number of hydrogen-bond acceptors (Lipinski definition) is 2. The van der Waals surface area contributed by atoms with Gasteiger partial charge in [0, 0.05) is 26.2 Å². The van der Waals surface area contributed by atoms with E-state index in [2.05, 4.69) is 5.32 Å². The molecule has 3 rings (SSSR count). The number of benzene rings is 2. The highest BCUT2D eigenvalue weighted by atomic mass is 16.2. The molecule has 0 radical (unpaired) electrons. The molecule has 1 saturated heterocycles. The lowest BCUT2D eigenvalue weighted by atomic mass is 9.90. The van der Waals surface area contributed by atoms with E-state index in [1.54, 1.807) is 0 Å². The highest BCUT2D eigenvalue weighted by Crippen LogP contribution is 2.26. The number of nitrogens with one attached hydrogen (secondary N) is 1. The van der Waals surface area contributed by atoms with Gasteiger partial charge in [-0.25, -0.2) is 0 Å². The van der Waals surface area contributed by atoms with Crippen LogP contribution in [0.1, 0.15) is 17.0 Å². The van der Waals surface area contributed by atoms with E-state index in [-0.39, 0.29) is 11.8 Å². The quantitative estimate of drug-likeness (QED) is 0.935. The third-order valence-electron chi connectivity index (χ3n) is 3.94. The summed E-state index contributed by atoms with van der Waals surface area (Å²) < 4.78 is 0. The summed E-state index contributed by atoms with van der Waals surface area (Å²) in [6, 6.07) is 20.1. The normalized spacial score (nSPS) is 15.2. The average Bonchev–Trinajstić information content (AvgIpc) is 2.58. The first-order chi connectivity index (χ1) is 10.4. The van der Waals surface area contributed by atoms with Gasteiger partial charge in [-0.15, -0.1) is 0 Å².